The van der Waals surface area contributed by atoms with Gasteiger partial charge in [0.1, 0.15) is 17.4 Å². The molecule has 0 heterocycles. The standard InChI is InChI=1S/C16H18N2O2/c1-12(2)18-16(19)14(11-17)9-6-8-13-7-4-5-10-15(13)20-3/h4-10,12H,1-3H3,(H,18,19)/b8-6+,14-9+. The van der Waals surface area contributed by atoms with Crippen molar-refractivity contribution in [2.45, 2.75) is 19.9 Å². The summed E-state index contributed by atoms with van der Waals surface area (Å²) in [6.07, 6.45) is 4.94. The summed E-state index contributed by atoms with van der Waals surface area (Å²) >= 11 is 0. The second kappa shape index (κ2) is 7.80. The molecule has 0 aliphatic heterocycles. The van der Waals surface area contributed by atoms with Crippen LogP contribution in [-0.2, 0) is 4.79 Å². The Labute approximate surface area is 119 Å². The number of carbonyl (C=O) groups excluding carboxylic acids is 1. The number of nitriles is 1. The van der Waals surface area contributed by atoms with E-state index >= 15 is 0 Å². The molecule has 1 N–H and O–H groups in total. The largest absolute Gasteiger partial charge is 0.496 e. The Morgan fingerprint density at radius 2 is 2.10 bits per heavy atom. The van der Waals surface area contributed by atoms with Gasteiger partial charge in [0.25, 0.3) is 5.91 Å². The van der Waals surface area contributed by atoms with Crippen LogP contribution in [0.15, 0.2) is 42.0 Å². The molecule has 0 atom stereocenters. The first kappa shape index (κ1) is 15.5. The molecular formula is C16H18N2O2. The number of nitrogens with one attached hydrogen (secondary N) is 1. The third kappa shape index (κ3) is 4.62. The Bertz CT molecular complexity index is 566. The van der Waals surface area contributed by atoms with Crippen LogP contribution in [0.5, 0.6) is 5.75 Å². The lowest BCUT2D eigenvalue weighted by molar-refractivity contribution is -0.117. The van der Waals surface area contributed by atoms with Crippen LogP contribution in [0.25, 0.3) is 6.08 Å². The van der Waals surface area contributed by atoms with E-state index in [1.165, 1.54) is 6.08 Å². The molecule has 1 aromatic carbocycles. The van der Waals surface area contributed by atoms with Gasteiger partial charge in [0, 0.05) is 11.6 Å². The number of ether oxygens (including phenoxy) is 1. The summed E-state index contributed by atoms with van der Waals surface area (Å²) in [5, 5.41) is 11.6. The zero-order valence-electron chi connectivity index (χ0n) is 11.9. The molecular weight excluding hydrogens is 252 g/mol. The minimum atomic E-state index is -0.368. The molecule has 1 aromatic rings. The zero-order valence-corrected chi connectivity index (χ0v) is 11.9. The smallest absolute Gasteiger partial charge is 0.262 e. The van der Waals surface area contributed by atoms with Gasteiger partial charge in [-0.1, -0.05) is 30.4 Å². The van der Waals surface area contributed by atoms with E-state index in [-0.39, 0.29) is 17.5 Å². The van der Waals surface area contributed by atoms with Crippen molar-refractivity contribution in [1.29, 1.82) is 5.26 Å². The van der Waals surface area contributed by atoms with E-state index in [2.05, 4.69) is 5.32 Å². The summed E-state index contributed by atoms with van der Waals surface area (Å²) < 4.78 is 5.21. The van der Waals surface area contributed by atoms with Crippen molar-refractivity contribution in [2.24, 2.45) is 0 Å². The maximum absolute atomic E-state index is 11.7. The highest BCUT2D eigenvalue weighted by atomic mass is 16.5. The molecule has 0 aliphatic rings. The molecule has 104 valence electrons. The monoisotopic (exact) mass is 270 g/mol. The topological polar surface area (TPSA) is 62.1 Å². The van der Waals surface area contributed by atoms with Crippen LogP contribution in [0.1, 0.15) is 19.4 Å². The SMILES string of the molecule is COc1ccccc1/C=C/C=C(\C#N)C(=O)NC(C)C. The number of rotatable bonds is 5. The Morgan fingerprint density at radius 1 is 1.40 bits per heavy atom. The number of carbonyl (C=O) groups is 1. The molecule has 0 saturated heterocycles. The Hall–Kier alpha value is -2.54. The summed E-state index contributed by atoms with van der Waals surface area (Å²) in [6.45, 7) is 3.69. The van der Waals surface area contributed by atoms with E-state index in [0.29, 0.717) is 0 Å². The van der Waals surface area contributed by atoms with Crippen molar-refractivity contribution in [3.05, 3.63) is 47.6 Å². The van der Waals surface area contributed by atoms with Crippen LogP contribution < -0.4 is 10.1 Å². The Morgan fingerprint density at radius 3 is 2.70 bits per heavy atom. The lowest BCUT2D eigenvalue weighted by Gasteiger charge is -2.06. The third-order valence-electron chi connectivity index (χ3n) is 2.46. The summed E-state index contributed by atoms with van der Waals surface area (Å²) in [7, 11) is 1.60. The van der Waals surface area contributed by atoms with Crippen molar-refractivity contribution in [3.63, 3.8) is 0 Å². The molecule has 0 aliphatic carbocycles. The lowest BCUT2D eigenvalue weighted by Crippen LogP contribution is -2.30. The maximum Gasteiger partial charge on any atom is 0.262 e. The summed E-state index contributed by atoms with van der Waals surface area (Å²) in [4.78, 5) is 11.7. The fraction of sp³-hybridized carbons (Fsp3) is 0.250. The van der Waals surface area contributed by atoms with E-state index in [9.17, 15) is 4.79 Å². The van der Waals surface area contributed by atoms with Crippen LogP contribution in [0.2, 0.25) is 0 Å². The Balaban J connectivity index is 2.86. The average Bonchev–Trinajstić information content (AvgIpc) is 2.43. The fourth-order valence-electron chi connectivity index (χ4n) is 1.56. The number of allylic oxidation sites excluding steroid dienone is 2. The molecule has 1 amide bonds. The van der Waals surface area contributed by atoms with Crippen LogP contribution >= 0.6 is 0 Å². The van der Waals surface area contributed by atoms with Crippen molar-refractivity contribution in [2.75, 3.05) is 7.11 Å². The van der Waals surface area contributed by atoms with E-state index in [1.807, 2.05) is 44.2 Å². The first-order valence-corrected chi connectivity index (χ1v) is 6.30. The number of nitrogens with zero attached hydrogens (tertiary/aromatic N) is 1. The minimum Gasteiger partial charge on any atom is -0.496 e. The first-order chi connectivity index (χ1) is 9.58. The van der Waals surface area contributed by atoms with Gasteiger partial charge in [-0.05, 0) is 26.0 Å². The second-order valence-corrected chi connectivity index (χ2v) is 4.42. The van der Waals surface area contributed by atoms with Gasteiger partial charge in [-0.15, -0.1) is 0 Å². The molecule has 0 bridgehead atoms. The predicted octanol–water partition coefficient (Wildman–Crippen LogP) is 2.68. The molecule has 0 saturated carbocycles. The lowest BCUT2D eigenvalue weighted by atomic mass is 10.1. The number of hydrogen-bond donors (Lipinski definition) is 1. The highest BCUT2D eigenvalue weighted by Crippen LogP contribution is 2.18. The van der Waals surface area contributed by atoms with Gasteiger partial charge in [0.15, 0.2) is 0 Å². The van der Waals surface area contributed by atoms with Gasteiger partial charge in [0.2, 0.25) is 0 Å². The number of hydrogen-bond acceptors (Lipinski definition) is 3. The van der Waals surface area contributed by atoms with Gasteiger partial charge in [-0.25, -0.2) is 0 Å². The highest BCUT2D eigenvalue weighted by molar-refractivity contribution is 5.97. The predicted molar refractivity (Wildman–Crippen MR) is 79.0 cm³/mol. The van der Waals surface area contributed by atoms with Gasteiger partial charge in [-0.3, -0.25) is 4.79 Å². The van der Waals surface area contributed by atoms with Gasteiger partial charge in [-0.2, -0.15) is 5.26 Å². The number of para-hydroxylation sites is 1. The number of amides is 1. The molecule has 0 fully saturated rings. The average molecular weight is 270 g/mol. The molecule has 0 aromatic heterocycles. The minimum absolute atomic E-state index is 0.00236. The third-order valence-corrected chi connectivity index (χ3v) is 2.46. The quantitative estimate of drug-likeness (QED) is 0.508. The van der Waals surface area contributed by atoms with Crippen LogP contribution in [-0.4, -0.2) is 19.1 Å². The van der Waals surface area contributed by atoms with E-state index < -0.39 is 0 Å². The van der Waals surface area contributed by atoms with Crippen LogP contribution in [0.3, 0.4) is 0 Å². The summed E-state index contributed by atoms with van der Waals surface area (Å²) in [5.74, 6) is 0.370. The van der Waals surface area contributed by atoms with Crippen molar-refractivity contribution < 1.29 is 9.53 Å². The van der Waals surface area contributed by atoms with Crippen molar-refractivity contribution >= 4 is 12.0 Å². The summed E-state index contributed by atoms with van der Waals surface area (Å²) in [6, 6.07) is 9.40. The second-order valence-electron chi connectivity index (χ2n) is 4.42. The number of benzene rings is 1. The van der Waals surface area contributed by atoms with Gasteiger partial charge >= 0.3 is 0 Å². The van der Waals surface area contributed by atoms with Crippen molar-refractivity contribution in [3.8, 4) is 11.8 Å². The molecule has 0 unspecified atom stereocenters. The Kier molecular flexibility index (Phi) is 6.05. The molecule has 4 heteroatoms. The normalized spacial score (nSPS) is 11.4. The van der Waals surface area contributed by atoms with Crippen molar-refractivity contribution in [1.82, 2.24) is 5.32 Å². The van der Waals surface area contributed by atoms with Gasteiger partial charge < -0.3 is 10.1 Å². The van der Waals surface area contributed by atoms with Gasteiger partial charge in [0.05, 0.1) is 7.11 Å². The van der Waals surface area contributed by atoms with E-state index in [4.69, 9.17) is 10.00 Å². The van der Waals surface area contributed by atoms with E-state index in [1.54, 1.807) is 19.3 Å². The fourth-order valence-corrected chi connectivity index (χ4v) is 1.56. The number of methoxy groups -OCH3 is 1. The van der Waals surface area contributed by atoms with Crippen LogP contribution in [0, 0.1) is 11.3 Å². The molecule has 1 rings (SSSR count). The van der Waals surface area contributed by atoms with E-state index in [0.717, 1.165) is 11.3 Å². The molecule has 0 spiro atoms. The first-order valence-electron chi connectivity index (χ1n) is 6.30. The highest BCUT2D eigenvalue weighted by Gasteiger charge is 2.08. The summed E-state index contributed by atoms with van der Waals surface area (Å²) in [5.41, 5.74) is 0.956. The molecule has 0 radical (unpaired) electrons. The van der Waals surface area contributed by atoms with Crippen LogP contribution in [0.4, 0.5) is 0 Å². The molecule has 20 heavy (non-hydrogen) atoms. The maximum atomic E-state index is 11.7. The zero-order chi connectivity index (χ0) is 15.0. The molecule has 4 nitrogen and oxygen atoms in total.